The number of nitrogens with two attached hydrogens (primary N) is 1. The smallest absolute Gasteiger partial charge is 0.255 e. The molecule has 0 aliphatic carbocycles. The zero-order valence-electron chi connectivity index (χ0n) is 13.0. The summed E-state index contributed by atoms with van der Waals surface area (Å²) in [7, 11) is 1.49. The Kier molecular flexibility index (Phi) is 5.83. The van der Waals surface area contributed by atoms with E-state index >= 15 is 0 Å². The second-order valence-corrected chi connectivity index (χ2v) is 5.28. The van der Waals surface area contributed by atoms with E-state index in [4.69, 9.17) is 26.8 Å². The molecule has 2 N–H and O–H groups in total. The molecule has 0 bridgehead atoms. The quantitative estimate of drug-likeness (QED) is 0.644. The molecule has 2 aromatic rings. The van der Waals surface area contributed by atoms with Gasteiger partial charge in [0.1, 0.15) is 0 Å². The predicted molar refractivity (Wildman–Crippen MR) is 92.6 cm³/mol. The number of carbonyl (C=O) groups excluding carboxylic acids is 1. The second kappa shape index (κ2) is 8.04. The summed E-state index contributed by atoms with van der Waals surface area (Å²) in [5.74, 6) is 0.271. The maximum Gasteiger partial charge on any atom is 0.255 e. The number of benzene rings is 2. The first kappa shape index (κ1) is 17.4. The predicted octanol–water partition coefficient (Wildman–Crippen LogP) is 3.28. The summed E-state index contributed by atoms with van der Waals surface area (Å²) in [6.07, 6.45) is 1.73. The summed E-state index contributed by atoms with van der Waals surface area (Å²) in [6.45, 7) is -0.236. The maximum atomic E-state index is 10.8. The number of hydrogen-bond acceptors (Lipinski definition) is 4. The van der Waals surface area contributed by atoms with Gasteiger partial charge in [0, 0.05) is 5.02 Å². The van der Waals surface area contributed by atoms with Crippen LogP contribution in [0, 0.1) is 11.3 Å². The largest absolute Gasteiger partial charge is 0.493 e. The van der Waals surface area contributed by atoms with Crippen molar-refractivity contribution in [2.75, 3.05) is 13.7 Å². The molecule has 122 valence electrons. The first-order chi connectivity index (χ1) is 11.5. The highest BCUT2D eigenvalue weighted by Crippen LogP contribution is 2.30. The highest BCUT2D eigenvalue weighted by atomic mass is 35.5. The van der Waals surface area contributed by atoms with Crippen LogP contribution in [0.5, 0.6) is 11.5 Å². The van der Waals surface area contributed by atoms with E-state index in [0.717, 1.165) is 11.1 Å². The van der Waals surface area contributed by atoms with Crippen LogP contribution >= 0.6 is 11.6 Å². The van der Waals surface area contributed by atoms with Crippen LogP contribution in [-0.2, 0) is 4.79 Å². The fourth-order valence-corrected chi connectivity index (χ4v) is 2.14. The van der Waals surface area contributed by atoms with Gasteiger partial charge in [-0.15, -0.1) is 0 Å². The van der Waals surface area contributed by atoms with E-state index in [2.05, 4.69) is 6.07 Å². The number of nitrogens with zero attached hydrogens (tertiary/aromatic N) is 1. The summed E-state index contributed by atoms with van der Waals surface area (Å²) < 4.78 is 10.5. The molecule has 0 aromatic heterocycles. The molecule has 0 spiro atoms. The minimum Gasteiger partial charge on any atom is -0.493 e. The molecule has 6 heteroatoms. The maximum absolute atomic E-state index is 10.8. The number of ether oxygens (including phenoxy) is 2. The van der Waals surface area contributed by atoms with Gasteiger partial charge in [-0.3, -0.25) is 4.79 Å². The number of methoxy groups -OCH3 is 1. The zero-order valence-corrected chi connectivity index (χ0v) is 13.7. The first-order valence-electron chi connectivity index (χ1n) is 7.00. The lowest BCUT2D eigenvalue weighted by molar-refractivity contribution is -0.119. The Morgan fingerprint density at radius 1 is 1.25 bits per heavy atom. The minimum absolute atomic E-state index is 0.236. The van der Waals surface area contributed by atoms with Gasteiger partial charge >= 0.3 is 0 Å². The number of carbonyl (C=O) groups is 1. The molecule has 0 fully saturated rings. The zero-order chi connectivity index (χ0) is 17.5. The van der Waals surface area contributed by atoms with Gasteiger partial charge in [-0.25, -0.2) is 0 Å². The molecule has 0 aliphatic rings. The molecular weight excluding hydrogens is 328 g/mol. The van der Waals surface area contributed by atoms with Crippen LogP contribution < -0.4 is 15.2 Å². The number of primary amides is 1. The number of amides is 1. The number of nitriles is 1. The van der Waals surface area contributed by atoms with Gasteiger partial charge in [0.15, 0.2) is 18.1 Å². The van der Waals surface area contributed by atoms with Crippen LogP contribution in [0.1, 0.15) is 11.1 Å². The lowest BCUT2D eigenvalue weighted by Gasteiger charge is -2.10. The Bertz CT molecular complexity index is 808. The number of hydrogen-bond donors (Lipinski definition) is 1. The molecule has 0 aliphatic heterocycles. The molecule has 0 radical (unpaired) electrons. The molecule has 0 heterocycles. The molecule has 24 heavy (non-hydrogen) atoms. The van der Waals surface area contributed by atoms with Crippen LogP contribution in [-0.4, -0.2) is 19.6 Å². The van der Waals surface area contributed by atoms with Crippen molar-refractivity contribution in [3.8, 4) is 17.6 Å². The summed E-state index contributed by atoms with van der Waals surface area (Å²) in [5.41, 5.74) is 7.06. The summed E-state index contributed by atoms with van der Waals surface area (Å²) in [6, 6.07) is 14.3. The van der Waals surface area contributed by atoms with Crippen LogP contribution in [0.15, 0.2) is 42.5 Å². The van der Waals surface area contributed by atoms with Gasteiger partial charge in [0.25, 0.3) is 5.91 Å². The van der Waals surface area contributed by atoms with E-state index in [0.29, 0.717) is 22.1 Å². The monoisotopic (exact) mass is 342 g/mol. The summed E-state index contributed by atoms with van der Waals surface area (Å²) in [4.78, 5) is 10.8. The molecule has 0 unspecified atom stereocenters. The lowest BCUT2D eigenvalue weighted by atomic mass is 10.0. The Morgan fingerprint density at radius 2 is 1.96 bits per heavy atom. The van der Waals surface area contributed by atoms with E-state index in [1.165, 1.54) is 7.11 Å². The van der Waals surface area contributed by atoms with Crippen molar-refractivity contribution in [2.24, 2.45) is 5.73 Å². The van der Waals surface area contributed by atoms with E-state index in [-0.39, 0.29) is 6.61 Å². The highest BCUT2D eigenvalue weighted by molar-refractivity contribution is 6.30. The van der Waals surface area contributed by atoms with Crippen LogP contribution in [0.4, 0.5) is 0 Å². The Morgan fingerprint density at radius 3 is 2.54 bits per heavy atom. The van der Waals surface area contributed by atoms with E-state index in [1.54, 1.807) is 48.5 Å². The van der Waals surface area contributed by atoms with Crippen LogP contribution in [0.2, 0.25) is 5.02 Å². The Labute approximate surface area is 144 Å². The summed E-state index contributed by atoms with van der Waals surface area (Å²) in [5, 5.41) is 9.98. The standard InChI is InChI=1S/C18H15ClN2O3/c1-23-17-9-12(2-7-16(17)24-11-18(21)22)8-14(10-20)13-3-5-15(19)6-4-13/h2-9H,11H2,1H3,(H2,21,22)/b14-8+. The summed E-state index contributed by atoms with van der Waals surface area (Å²) >= 11 is 5.86. The second-order valence-electron chi connectivity index (χ2n) is 4.84. The SMILES string of the molecule is COc1cc(/C=C(\C#N)c2ccc(Cl)cc2)ccc1OCC(N)=O. The average molecular weight is 343 g/mol. The van der Waals surface area contributed by atoms with Crippen molar-refractivity contribution >= 4 is 29.2 Å². The van der Waals surface area contributed by atoms with E-state index in [1.807, 2.05) is 0 Å². The number of rotatable bonds is 6. The minimum atomic E-state index is -0.574. The van der Waals surface area contributed by atoms with Crippen LogP contribution in [0.3, 0.4) is 0 Å². The third kappa shape index (κ3) is 4.51. The van der Waals surface area contributed by atoms with Gasteiger partial charge in [-0.1, -0.05) is 29.8 Å². The van der Waals surface area contributed by atoms with Crippen molar-refractivity contribution in [1.29, 1.82) is 5.26 Å². The molecule has 0 saturated carbocycles. The molecule has 2 aromatic carbocycles. The molecule has 5 nitrogen and oxygen atoms in total. The van der Waals surface area contributed by atoms with Gasteiger partial charge in [-0.2, -0.15) is 5.26 Å². The third-order valence-corrected chi connectivity index (χ3v) is 3.40. The van der Waals surface area contributed by atoms with Crippen molar-refractivity contribution < 1.29 is 14.3 Å². The fraction of sp³-hybridized carbons (Fsp3) is 0.111. The van der Waals surface area contributed by atoms with Crippen molar-refractivity contribution in [3.05, 3.63) is 58.6 Å². The fourth-order valence-electron chi connectivity index (χ4n) is 2.02. The molecule has 2 rings (SSSR count). The Hall–Kier alpha value is -2.97. The van der Waals surface area contributed by atoms with E-state index in [9.17, 15) is 10.1 Å². The van der Waals surface area contributed by atoms with Gasteiger partial charge in [-0.05, 0) is 41.5 Å². The van der Waals surface area contributed by atoms with Gasteiger partial charge in [0.05, 0.1) is 18.8 Å². The normalized spacial score (nSPS) is 10.8. The van der Waals surface area contributed by atoms with E-state index < -0.39 is 5.91 Å². The first-order valence-corrected chi connectivity index (χ1v) is 7.38. The molecule has 0 atom stereocenters. The third-order valence-electron chi connectivity index (χ3n) is 3.14. The Balaban J connectivity index is 2.32. The molecule has 1 amide bonds. The lowest BCUT2D eigenvalue weighted by Crippen LogP contribution is -2.20. The van der Waals surface area contributed by atoms with Crippen molar-refractivity contribution in [3.63, 3.8) is 0 Å². The van der Waals surface area contributed by atoms with Gasteiger partial charge < -0.3 is 15.2 Å². The van der Waals surface area contributed by atoms with Crippen LogP contribution in [0.25, 0.3) is 11.6 Å². The van der Waals surface area contributed by atoms with Crippen molar-refractivity contribution in [1.82, 2.24) is 0 Å². The molecule has 0 saturated heterocycles. The topological polar surface area (TPSA) is 85.3 Å². The number of halogens is 1. The molecular formula is C18H15ClN2O3. The van der Waals surface area contributed by atoms with Gasteiger partial charge in [0.2, 0.25) is 0 Å². The highest BCUT2D eigenvalue weighted by Gasteiger charge is 2.08. The average Bonchev–Trinajstić information content (AvgIpc) is 2.59. The number of allylic oxidation sites excluding steroid dienone is 1. The van der Waals surface area contributed by atoms with Crippen molar-refractivity contribution in [2.45, 2.75) is 0 Å².